The molecule has 0 atom stereocenters. The maximum atomic E-state index is 13.3. The van der Waals surface area contributed by atoms with Crippen LogP contribution in [-0.2, 0) is 19.0 Å². The minimum Gasteiger partial charge on any atom is -0.419 e. The molecule has 0 aromatic heterocycles. The van der Waals surface area contributed by atoms with Crippen LogP contribution in [0.1, 0.15) is 44.1 Å². The van der Waals surface area contributed by atoms with Crippen molar-refractivity contribution in [1.82, 2.24) is 4.90 Å². The number of hydrogen-bond acceptors (Lipinski definition) is 6. The van der Waals surface area contributed by atoms with Gasteiger partial charge in [0.15, 0.2) is 18.3 Å². The van der Waals surface area contributed by atoms with E-state index in [1.165, 1.54) is 4.90 Å². The number of benzene rings is 4. The van der Waals surface area contributed by atoms with Crippen LogP contribution in [0.4, 0.5) is 22.7 Å². The molecule has 0 spiro atoms. The molecular weight excluding hydrogens is 526 g/mol. The number of amidine groups is 1. The Morgan fingerprint density at radius 2 is 1.38 bits per heavy atom. The third-order valence-corrected chi connectivity index (χ3v) is 7.16. The standard InChI is InChI=1S/C35H33N3O4/c1-3-13-32-41-34(42-32)29-18-11-12-19-30(29)36-35-37(4-2)33(39)31(40-35)24-25-20-22-28(23-21-25)38(26-14-7-5-8-15-26)27-16-9-6-10-17-27/h5-12,14-24,32,34H,3-4,13H2,1-2H3/b31-24+,36-35?. The van der Waals surface area contributed by atoms with Gasteiger partial charge in [-0.15, -0.1) is 0 Å². The molecule has 0 radical (unpaired) electrons. The van der Waals surface area contributed by atoms with Gasteiger partial charge in [0.25, 0.3) is 5.91 Å². The molecule has 2 aliphatic rings. The molecule has 2 fully saturated rings. The normalized spacial score (nSPS) is 20.0. The second-order valence-corrected chi connectivity index (χ2v) is 10.0. The number of amides is 1. The predicted octanol–water partition coefficient (Wildman–Crippen LogP) is 8.24. The number of carbonyl (C=O) groups is 1. The molecule has 2 heterocycles. The summed E-state index contributed by atoms with van der Waals surface area (Å²) in [5.41, 5.74) is 5.41. The quantitative estimate of drug-likeness (QED) is 0.193. The number of nitrogens with zero attached hydrogens (tertiary/aromatic N) is 3. The van der Waals surface area contributed by atoms with E-state index in [0.717, 1.165) is 41.0 Å². The number of rotatable bonds is 9. The molecule has 4 aromatic carbocycles. The summed E-state index contributed by atoms with van der Waals surface area (Å²) in [7, 11) is 0. The zero-order valence-electron chi connectivity index (χ0n) is 23.7. The van der Waals surface area contributed by atoms with E-state index in [-0.39, 0.29) is 24.0 Å². The largest absolute Gasteiger partial charge is 0.419 e. The molecular formula is C35H33N3O4. The molecule has 212 valence electrons. The number of ether oxygens (including phenoxy) is 3. The third kappa shape index (κ3) is 5.70. The summed E-state index contributed by atoms with van der Waals surface area (Å²) in [5.74, 6) is -0.00452. The smallest absolute Gasteiger partial charge is 0.305 e. The Bertz CT molecular complexity index is 1540. The summed E-state index contributed by atoms with van der Waals surface area (Å²) < 4.78 is 17.8. The second kappa shape index (κ2) is 12.4. The number of para-hydroxylation sites is 3. The van der Waals surface area contributed by atoms with Crippen molar-refractivity contribution in [3.63, 3.8) is 0 Å². The summed E-state index contributed by atoms with van der Waals surface area (Å²) in [5, 5.41) is 0. The lowest BCUT2D eigenvalue weighted by molar-refractivity contribution is -0.391. The maximum Gasteiger partial charge on any atom is 0.305 e. The SMILES string of the molecule is CCCC1OC(c2ccccc2N=C2O/C(=C/c3ccc(N(c4ccccc4)c4ccccc4)cc3)C(=O)N2CC)O1. The Balaban J connectivity index is 1.25. The van der Waals surface area contributed by atoms with Crippen molar-refractivity contribution in [2.75, 3.05) is 11.4 Å². The number of likely N-dealkylation sites (N-methyl/N-ethyl adjacent to an activating group) is 1. The predicted molar refractivity (Wildman–Crippen MR) is 165 cm³/mol. The highest BCUT2D eigenvalue weighted by Crippen LogP contribution is 2.39. The van der Waals surface area contributed by atoms with E-state index in [1.54, 1.807) is 6.08 Å². The van der Waals surface area contributed by atoms with Gasteiger partial charge in [-0.25, -0.2) is 0 Å². The van der Waals surface area contributed by atoms with Crippen LogP contribution >= 0.6 is 0 Å². The fourth-order valence-electron chi connectivity index (χ4n) is 5.04. The molecule has 0 aliphatic carbocycles. The van der Waals surface area contributed by atoms with E-state index in [9.17, 15) is 4.79 Å². The van der Waals surface area contributed by atoms with Crippen LogP contribution in [0.2, 0.25) is 0 Å². The molecule has 0 bridgehead atoms. The van der Waals surface area contributed by atoms with E-state index >= 15 is 0 Å². The number of anilines is 3. The van der Waals surface area contributed by atoms with Gasteiger partial charge in [-0.1, -0.05) is 80.1 Å². The van der Waals surface area contributed by atoms with Gasteiger partial charge in [-0.2, -0.15) is 4.99 Å². The average Bonchev–Trinajstić information content (AvgIpc) is 3.30. The molecule has 42 heavy (non-hydrogen) atoms. The van der Waals surface area contributed by atoms with Crippen molar-refractivity contribution in [1.29, 1.82) is 0 Å². The molecule has 7 heteroatoms. The Morgan fingerprint density at radius 3 is 2.00 bits per heavy atom. The molecule has 6 rings (SSSR count). The minimum atomic E-state index is -0.478. The molecule has 7 nitrogen and oxygen atoms in total. The van der Waals surface area contributed by atoms with Gasteiger partial charge >= 0.3 is 6.02 Å². The molecule has 0 N–H and O–H groups in total. The first kappa shape index (κ1) is 27.4. The first-order valence-corrected chi connectivity index (χ1v) is 14.3. The Hall–Kier alpha value is -4.72. The molecule has 0 unspecified atom stereocenters. The van der Waals surface area contributed by atoms with Crippen LogP contribution in [-0.4, -0.2) is 29.7 Å². The zero-order valence-corrected chi connectivity index (χ0v) is 23.7. The Morgan fingerprint density at radius 1 is 0.786 bits per heavy atom. The van der Waals surface area contributed by atoms with E-state index in [4.69, 9.17) is 19.2 Å². The first-order valence-electron chi connectivity index (χ1n) is 14.3. The summed E-state index contributed by atoms with van der Waals surface area (Å²) >= 11 is 0. The molecule has 0 saturated carbocycles. The number of carbonyl (C=O) groups excluding carboxylic acids is 1. The van der Waals surface area contributed by atoms with Crippen LogP contribution in [0.15, 0.2) is 120 Å². The lowest BCUT2D eigenvalue weighted by Crippen LogP contribution is -2.34. The van der Waals surface area contributed by atoms with Gasteiger partial charge in [-0.05, 0) is 67.4 Å². The molecule has 2 aliphatic heterocycles. The zero-order chi connectivity index (χ0) is 28.9. The van der Waals surface area contributed by atoms with E-state index in [2.05, 4.69) is 36.1 Å². The summed E-state index contributed by atoms with van der Waals surface area (Å²) in [4.78, 5) is 21.7. The molecule has 2 saturated heterocycles. The minimum absolute atomic E-state index is 0.189. The third-order valence-electron chi connectivity index (χ3n) is 7.16. The van der Waals surface area contributed by atoms with Gasteiger partial charge in [0.2, 0.25) is 0 Å². The van der Waals surface area contributed by atoms with Crippen molar-refractivity contribution >= 4 is 40.8 Å². The van der Waals surface area contributed by atoms with Crippen molar-refractivity contribution < 1.29 is 19.0 Å². The van der Waals surface area contributed by atoms with E-state index < -0.39 is 6.29 Å². The summed E-state index contributed by atoms with van der Waals surface area (Å²) in [6.45, 7) is 4.42. The van der Waals surface area contributed by atoms with E-state index in [0.29, 0.717) is 12.2 Å². The average molecular weight is 560 g/mol. The van der Waals surface area contributed by atoms with Crippen molar-refractivity contribution in [2.45, 2.75) is 39.3 Å². The van der Waals surface area contributed by atoms with Crippen LogP contribution in [0.25, 0.3) is 6.08 Å². The Kier molecular flexibility index (Phi) is 8.12. The lowest BCUT2D eigenvalue weighted by atomic mass is 10.1. The highest BCUT2D eigenvalue weighted by atomic mass is 16.9. The van der Waals surface area contributed by atoms with Gasteiger partial charge in [0.05, 0.1) is 5.69 Å². The van der Waals surface area contributed by atoms with Crippen LogP contribution < -0.4 is 4.90 Å². The highest BCUT2D eigenvalue weighted by molar-refractivity contribution is 6.11. The van der Waals surface area contributed by atoms with Gasteiger partial charge in [0, 0.05) is 29.2 Å². The monoisotopic (exact) mass is 559 g/mol. The van der Waals surface area contributed by atoms with Crippen LogP contribution in [0.3, 0.4) is 0 Å². The second-order valence-electron chi connectivity index (χ2n) is 10.0. The van der Waals surface area contributed by atoms with Crippen LogP contribution in [0.5, 0.6) is 0 Å². The fourth-order valence-corrected chi connectivity index (χ4v) is 5.04. The topological polar surface area (TPSA) is 63.6 Å². The van der Waals surface area contributed by atoms with Crippen molar-refractivity contribution in [3.8, 4) is 0 Å². The van der Waals surface area contributed by atoms with Crippen molar-refractivity contribution in [2.24, 2.45) is 4.99 Å². The van der Waals surface area contributed by atoms with Gasteiger partial charge < -0.3 is 19.1 Å². The summed E-state index contributed by atoms with van der Waals surface area (Å²) in [6, 6.07) is 36.3. The first-order chi connectivity index (χ1) is 20.6. The molecule has 1 amide bonds. The van der Waals surface area contributed by atoms with Gasteiger partial charge in [-0.3, -0.25) is 9.69 Å². The number of hydrogen-bond donors (Lipinski definition) is 0. The van der Waals surface area contributed by atoms with Crippen LogP contribution in [0, 0.1) is 0 Å². The van der Waals surface area contributed by atoms with Gasteiger partial charge in [0.1, 0.15) is 0 Å². The molecule has 4 aromatic rings. The summed E-state index contributed by atoms with van der Waals surface area (Å²) in [6.07, 6.45) is 2.92. The van der Waals surface area contributed by atoms with E-state index in [1.807, 2.05) is 91.9 Å². The highest BCUT2D eigenvalue weighted by Gasteiger charge is 2.36. The van der Waals surface area contributed by atoms with Crippen molar-refractivity contribution in [3.05, 3.63) is 126 Å². The maximum absolute atomic E-state index is 13.3. The number of aliphatic imine (C=N–C) groups is 1. The fraction of sp³-hybridized carbons (Fsp3) is 0.200. The lowest BCUT2D eigenvalue weighted by Gasteiger charge is -2.36. The Labute approximate surface area is 246 Å².